The van der Waals surface area contributed by atoms with Crippen molar-refractivity contribution < 1.29 is 19.1 Å². The highest BCUT2D eigenvalue weighted by atomic mass is 16.5. The van der Waals surface area contributed by atoms with E-state index >= 15 is 0 Å². The average Bonchev–Trinajstić information content (AvgIpc) is 2.95. The minimum absolute atomic E-state index is 0.318. The van der Waals surface area contributed by atoms with Crippen LogP contribution in [-0.4, -0.2) is 37.0 Å². The molecule has 0 spiro atoms. The number of nitrogens with one attached hydrogen (secondary N) is 2. The summed E-state index contributed by atoms with van der Waals surface area (Å²) in [6.07, 6.45) is 6.81. The molecule has 0 heterocycles. The van der Waals surface area contributed by atoms with E-state index in [4.69, 9.17) is 0 Å². The number of amides is 2. The molecule has 0 aliphatic heterocycles. The fraction of sp³-hybridized carbons (Fsp3) is 0.450. The summed E-state index contributed by atoms with van der Waals surface area (Å²) < 4.78 is 4.65. The molecule has 1 aromatic rings. The highest BCUT2D eigenvalue weighted by Gasteiger charge is 2.28. The maximum absolute atomic E-state index is 12.8. The van der Waals surface area contributed by atoms with Crippen LogP contribution in [0.25, 0.3) is 0 Å². The van der Waals surface area contributed by atoms with Crippen LogP contribution in [0.5, 0.6) is 0 Å². The molecular formula is C20H26N2O4. The van der Waals surface area contributed by atoms with Gasteiger partial charge in [-0.1, -0.05) is 30.7 Å². The van der Waals surface area contributed by atoms with Crippen LogP contribution in [-0.2, 0) is 14.3 Å². The van der Waals surface area contributed by atoms with Gasteiger partial charge < -0.3 is 15.4 Å². The predicted octanol–water partition coefficient (Wildman–Crippen LogP) is 2.35. The fourth-order valence-electron chi connectivity index (χ4n) is 2.96. The Hall–Kier alpha value is -2.63. The smallest absolute Gasteiger partial charge is 0.328 e. The van der Waals surface area contributed by atoms with E-state index < -0.39 is 24.0 Å². The maximum Gasteiger partial charge on any atom is 0.328 e. The molecule has 0 bridgehead atoms. The zero-order valence-electron chi connectivity index (χ0n) is 15.3. The van der Waals surface area contributed by atoms with E-state index in [1.807, 2.05) is 12.1 Å². The van der Waals surface area contributed by atoms with Gasteiger partial charge >= 0.3 is 5.97 Å². The molecule has 1 aliphatic rings. The second kappa shape index (κ2) is 9.75. The van der Waals surface area contributed by atoms with Crippen LogP contribution in [0.15, 0.2) is 42.0 Å². The van der Waals surface area contributed by atoms with Crippen LogP contribution in [0.1, 0.15) is 49.4 Å². The molecule has 2 amide bonds. The summed E-state index contributed by atoms with van der Waals surface area (Å²) in [4.78, 5) is 36.9. The minimum atomic E-state index is -0.798. The highest BCUT2D eigenvalue weighted by molar-refractivity contribution is 5.99. The molecule has 26 heavy (non-hydrogen) atoms. The Labute approximate surface area is 154 Å². The molecular weight excluding hydrogens is 332 g/mol. The molecule has 1 aromatic carbocycles. The standard InChI is InChI=1S/C20H26N2O4/c1-14(20(25)26-2)21-19(24)17(15-10-6-3-4-7-11-15)22-18(23)16-12-8-5-9-13-16/h5,8-10,12-14,17H,3-4,6-7,11H2,1-2H3,(H,21,24)(H,22,23)/t14-,17?/m0/s1. The van der Waals surface area contributed by atoms with E-state index in [9.17, 15) is 14.4 Å². The Morgan fingerprint density at radius 1 is 1.04 bits per heavy atom. The third-order valence-corrected chi connectivity index (χ3v) is 4.43. The average molecular weight is 358 g/mol. The van der Waals surface area contributed by atoms with Gasteiger partial charge in [0.25, 0.3) is 5.91 Å². The number of carbonyl (C=O) groups is 3. The first-order valence-corrected chi connectivity index (χ1v) is 8.96. The summed E-state index contributed by atoms with van der Waals surface area (Å²) in [5.41, 5.74) is 1.38. The van der Waals surface area contributed by atoms with Crippen LogP contribution in [0, 0.1) is 0 Å². The van der Waals surface area contributed by atoms with Gasteiger partial charge in [-0.2, -0.15) is 0 Å². The van der Waals surface area contributed by atoms with Crippen molar-refractivity contribution in [2.75, 3.05) is 7.11 Å². The van der Waals surface area contributed by atoms with Gasteiger partial charge in [-0.15, -0.1) is 0 Å². The summed E-state index contributed by atoms with van der Waals surface area (Å²) in [6.45, 7) is 1.56. The van der Waals surface area contributed by atoms with Crippen molar-refractivity contribution in [1.29, 1.82) is 0 Å². The van der Waals surface area contributed by atoms with Crippen LogP contribution in [0.2, 0.25) is 0 Å². The van der Waals surface area contributed by atoms with Gasteiger partial charge in [0.15, 0.2) is 0 Å². The molecule has 0 saturated carbocycles. The lowest BCUT2D eigenvalue weighted by Gasteiger charge is -2.23. The summed E-state index contributed by atoms with van der Waals surface area (Å²) in [5.74, 6) is -1.25. The van der Waals surface area contributed by atoms with Gasteiger partial charge in [0, 0.05) is 5.56 Å². The highest BCUT2D eigenvalue weighted by Crippen LogP contribution is 2.20. The van der Waals surface area contributed by atoms with Crippen molar-refractivity contribution in [2.24, 2.45) is 0 Å². The number of methoxy groups -OCH3 is 1. The molecule has 0 radical (unpaired) electrons. The lowest BCUT2D eigenvalue weighted by Crippen LogP contribution is -2.51. The van der Waals surface area contributed by atoms with E-state index in [-0.39, 0.29) is 5.91 Å². The monoisotopic (exact) mass is 358 g/mol. The Morgan fingerprint density at radius 2 is 1.77 bits per heavy atom. The molecule has 140 valence electrons. The molecule has 6 nitrogen and oxygen atoms in total. The van der Waals surface area contributed by atoms with Crippen molar-refractivity contribution in [3.63, 3.8) is 0 Å². The molecule has 1 unspecified atom stereocenters. The number of allylic oxidation sites excluding steroid dienone is 1. The maximum atomic E-state index is 12.8. The van der Waals surface area contributed by atoms with Crippen molar-refractivity contribution in [2.45, 2.75) is 51.1 Å². The first-order valence-electron chi connectivity index (χ1n) is 8.96. The summed E-state index contributed by atoms with van der Waals surface area (Å²) in [6, 6.07) is 7.18. The third-order valence-electron chi connectivity index (χ3n) is 4.43. The van der Waals surface area contributed by atoms with Crippen molar-refractivity contribution in [3.05, 3.63) is 47.5 Å². The fourth-order valence-corrected chi connectivity index (χ4v) is 2.96. The number of carbonyl (C=O) groups excluding carboxylic acids is 3. The van der Waals surface area contributed by atoms with Crippen molar-refractivity contribution in [1.82, 2.24) is 10.6 Å². The predicted molar refractivity (Wildman–Crippen MR) is 98.5 cm³/mol. The molecule has 0 saturated heterocycles. The first-order chi connectivity index (χ1) is 12.5. The Balaban J connectivity index is 2.18. The topological polar surface area (TPSA) is 84.5 Å². The SMILES string of the molecule is COC(=O)[C@H](C)NC(=O)C(NC(=O)c1ccccc1)C1=CCCCCC1. The van der Waals surface area contributed by atoms with Gasteiger partial charge in [-0.05, 0) is 50.3 Å². The van der Waals surface area contributed by atoms with Gasteiger partial charge in [0.2, 0.25) is 5.91 Å². The van der Waals surface area contributed by atoms with E-state index in [1.165, 1.54) is 7.11 Å². The second-order valence-electron chi connectivity index (χ2n) is 6.40. The number of hydrogen-bond donors (Lipinski definition) is 2. The largest absolute Gasteiger partial charge is 0.467 e. The van der Waals surface area contributed by atoms with Gasteiger partial charge in [0.05, 0.1) is 7.11 Å². The lowest BCUT2D eigenvalue weighted by molar-refractivity contribution is -0.144. The van der Waals surface area contributed by atoms with E-state index in [0.717, 1.165) is 37.7 Å². The number of ether oxygens (including phenoxy) is 1. The third kappa shape index (κ3) is 5.44. The van der Waals surface area contributed by atoms with Crippen LogP contribution in [0.3, 0.4) is 0 Å². The quantitative estimate of drug-likeness (QED) is 0.604. The van der Waals surface area contributed by atoms with Crippen LogP contribution < -0.4 is 10.6 Å². The second-order valence-corrected chi connectivity index (χ2v) is 6.40. The first kappa shape index (κ1) is 19.7. The van der Waals surface area contributed by atoms with Gasteiger partial charge in [0.1, 0.15) is 12.1 Å². The van der Waals surface area contributed by atoms with E-state index in [2.05, 4.69) is 15.4 Å². The Morgan fingerprint density at radius 3 is 2.46 bits per heavy atom. The number of benzene rings is 1. The van der Waals surface area contributed by atoms with E-state index in [0.29, 0.717) is 5.56 Å². The van der Waals surface area contributed by atoms with Gasteiger partial charge in [-0.3, -0.25) is 9.59 Å². The van der Waals surface area contributed by atoms with E-state index in [1.54, 1.807) is 31.2 Å². The Kier molecular flexibility index (Phi) is 7.38. The molecule has 6 heteroatoms. The van der Waals surface area contributed by atoms with Crippen molar-refractivity contribution >= 4 is 17.8 Å². The number of rotatable bonds is 6. The van der Waals surface area contributed by atoms with Gasteiger partial charge in [-0.25, -0.2) is 4.79 Å². The normalized spacial score (nSPS) is 16.5. The molecule has 0 fully saturated rings. The molecule has 1 aliphatic carbocycles. The zero-order chi connectivity index (χ0) is 18.9. The summed E-state index contributed by atoms with van der Waals surface area (Å²) >= 11 is 0. The van der Waals surface area contributed by atoms with Crippen LogP contribution in [0.4, 0.5) is 0 Å². The lowest BCUT2D eigenvalue weighted by atomic mass is 10.00. The zero-order valence-corrected chi connectivity index (χ0v) is 15.3. The van der Waals surface area contributed by atoms with Crippen molar-refractivity contribution in [3.8, 4) is 0 Å². The molecule has 2 atom stereocenters. The molecule has 2 N–H and O–H groups in total. The minimum Gasteiger partial charge on any atom is -0.467 e. The molecule has 2 rings (SSSR count). The van der Waals surface area contributed by atoms with Crippen LogP contribution >= 0.6 is 0 Å². The Bertz CT molecular complexity index is 670. The summed E-state index contributed by atoms with van der Waals surface area (Å²) in [5, 5.41) is 5.46. The summed E-state index contributed by atoms with van der Waals surface area (Å²) in [7, 11) is 1.27. The number of hydrogen-bond acceptors (Lipinski definition) is 4. The number of esters is 1. The molecule has 0 aromatic heterocycles.